The number of fused-ring (bicyclic) bond motifs is 4. The average molecular weight is 743 g/mol. The van der Waals surface area contributed by atoms with E-state index in [-0.39, 0.29) is 0 Å². The van der Waals surface area contributed by atoms with Crippen LogP contribution in [-0.2, 0) is 0 Å². The molecule has 0 spiro atoms. The fourth-order valence-corrected chi connectivity index (χ4v) is 8.35. The van der Waals surface area contributed by atoms with Gasteiger partial charge in [0.15, 0.2) is 0 Å². The second-order valence-electron chi connectivity index (χ2n) is 14.2. The maximum atomic E-state index is 15.0. The van der Waals surface area contributed by atoms with Gasteiger partial charge in [0.25, 0.3) is 11.8 Å². The van der Waals surface area contributed by atoms with Crippen LogP contribution in [0, 0.1) is 22.7 Å². The molecule has 2 heterocycles. The summed E-state index contributed by atoms with van der Waals surface area (Å²) in [7, 11) is 0. The van der Waals surface area contributed by atoms with Gasteiger partial charge in [-0.25, -0.2) is 4.90 Å². The van der Waals surface area contributed by atoms with Crippen molar-refractivity contribution in [2.24, 2.45) is 0 Å². The maximum absolute atomic E-state index is 15.0. The second kappa shape index (κ2) is 13.8. The number of imide groups is 1. The van der Waals surface area contributed by atoms with Crippen LogP contribution in [-0.4, -0.2) is 16.4 Å². The highest BCUT2D eigenvalue weighted by Gasteiger charge is 2.40. The van der Waals surface area contributed by atoms with Crippen molar-refractivity contribution in [3.8, 4) is 62.3 Å². The standard InChI is InChI=1S/C52H30N4O2/c53-31-38-16-7-9-18-40(38)36-23-26-47-44(29-36)45-30-37(41-19-10-8-17-39(41)32-54)24-27-48(45)55(47)49-21-11-20-42-50(49)52(58)56(51(42)57)46-25-22-35(33-12-3-1-4-13-33)28-43(46)34-14-5-2-6-15-34/h1-30H. The molecule has 8 aromatic carbocycles. The van der Waals surface area contributed by atoms with Gasteiger partial charge in [-0.2, -0.15) is 10.5 Å². The van der Waals surface area contributed by atoms with E-state index in [0.717, 1.165) is 66.3 Å². The smallest absolute Gasteiger partial charge is 0.268 e. The van der Waals surface area contributed by atoms with E-state index >= 15 is 0 Å². The summed E-state index contributed by atoms with van der Waals surface area (Å²) in [5, 5.41) is 21.7. The lowest BCUT2D eigenvalue weighted by Crippen LogP contribution is -2.30. The first kappa shape index (κ1) is 34.2. The van der Waals surface area contributed by atoms with Gasteiger partial charge < -0.3 is 4.57 Å². The minimum absolute atomic E-state index is 0.315. The van der Waals surface area contributed by atoms with E-state index in [9.17, 15) is 20.1 Å². The minimum Gasteiger partial charge on any atom is -0.308 e. The first-order valence-corrected chi connectivity index (χ1v) is 18.9. The van der Waals surface area contributed by atoms with Crippen molar-refractivity contribution in [1.29, 1.82) is 10.5 Å². The van der Waals surface area contributed by atoms with Crippen molar-refractivity contribution in [3.63, 3.8) is 0 Å². The number of nitriles is 2. The van der Waals surface area contributed by atoms with Gasteiger partial charge in [0, 0.05) is 16.3 Å². The summed E-state index contributed by atoms with van der Waals surface area (Å²) >= 11 is 0. The molecule has 1 aromatic heterocycles. The summed E-state index contributed by atoms with van der Waals surface area (Å²) in [6, 6.07) is 63.0. The summed E-state index contributed by atoms with van der Waals surface area (Å²) in [6.07, 6.45) is 0. The molecule has 10 rings (SSSR count). The number of aromatic nitrogens is 1. The number of carbonyl (C=O) groups excluding carboxylic acids is 2. The number of rotatable bonds is 6. The van der Waals surface area contributed by atoms with E-state index < -0.39 is 11.8 Å². The molecule has 0 atom stereocenters. The first-order valence-electron chi connectivity index (χ1n) is 18.9. The second-order valence-corrected chi connectivity index (χ2v) is 14.2. The largest absolute Gasteiger partial charge is 0.308 e. The highest BCUT2D eigenvalue weighted by Crippen LogP contribution is 2.43. The van der Waals surface area contributed by atoms with Crippen molar-refractivity contribution in [1.82, 2.24) is 4.57 Å². The van der Waals surface area contributed by atoms with E-state index in [1.165, 1.54) is 4.90 Å². The Morgan fingerprint density at radius 1 is 0.379 bits per heavy atom. The Hall–Kier alpha value is -8.32. The number of benzene rings is 8. The molecule has 0 saturated carbocycles. The Kier molecular flexibility index (Phi) is 8.11. The van der Waals surface area contributed by atoms with Crippen molar-refractivity contribution in [3.05, 3.63) is 204 Å². The lowest BCUT2D eigenvalue weighted by atomic mass is 9.96. The molecule has 0 radical (unpaired) electrons. The molecular formula is C52H30N4O2. The van der Waals surface area contributed by atoms with Crippen LogP contribution in [0.2, 0.25) is 0 Å². The highest BCUT2D eigenvalue weighted by atomic mass is 16.2. The van der Waals surface area contributed by atoms with Crippen LogP contribution in [0.25, 0.3) is 72.0 Å². The van der Waals surface area contributed by atoms with Crippen molar-refractivity contribution in [2.75, 3.05) is 4.90 Å². The van der Waals surface area contributed by atoms with Gasteiger partial charge in [-0.3, -0.25) is 9.59 Å². The molecule has 0 bridgehead atoms. The molecule has 6 heteroatoms. The third-order valence-corrected chi connectivity index (χ3v) is 11.0. The summed E-state index contributed by atoms with van der Waals surface area (Å²) in [5.74, 6) is -0.799. The van der Waals surface area contributed by atoms with Crippen LogP contribution >= 0.6 is 0 Å². The van der Waals surface area contributed by atoms with Crippen molar-refractivity contribution in [2.45, 2.75) is 0 Å². The fraction of sp³-hybridized carbons (Fsp3) is 0. The molecule has 0 saturated heterocycles. The molecule has 0 N–H and O–H groups in total. The summed E-state index contributed by atoms with van der Waals surface area (Å²) in [5.41, 5.74) is 11.5. The van der Waals surface area contributed by atoms with E-state index in [1.54, 1.807) is 18.2 Å². The zero-order chi connectivity index (χ0) is 39.3. The van der Waals surface area contributed by atoms with Crippen LogP contribution in [0.4, 0.5) is 5.69 Å². The molecule has 1 aliphatic rings. The fourth-order valence-electron chi connectivity index (χ4n) is 8.35. The van der Waals surface area contributed by atoms with Gasteiger partial charge in [-0.05, 0) is 99.6 Å². The molecule has 6 nitrogen and oxygen atoms in total. The van der Waals surface area contributed by atoms with Crippen LogP contribution < -0.4 is 4.90 Å². The van der Waals surface area contributed by atoms with E-state index in [0.29, 0.717) is 33.6 Å². The van der Waals surface area contributed by atoms with Crippen LogP contribution in [0.5, 0.6) is 0 Å². The third kappa shape index (κ3) is 5.40. The summed E-state index contributed by atoms with van der Waals surface area (Å²) in [4.78, 5) is 30.9. The number of hydrogen-bond acceptors (Lipinski definition) is 4. The molecule has 0 fully saturated rings. The van der Waals surface area contributed by atoms with Crippen LogP contribution in [0.1, 0.15) is 31.8 Å². The minimum atomic E-state index is -0.408. The quantitative estimate of drug-likeness (QED) is 0.159. The van der Waals surface area contributed by atoms with E-state index in [1.807, 2.05) is 152 Å². The first-order chi connectivity index (χ1) is 28.5. The van der Waals surface area contributed by atoms with Crippen LogP contribution in [0.15, 0.2) is 182 Å². The van der Waals surface area contributed by atoms with Gasteiger partial charge in [0.05, 0.1) is 56.8 Å². The zero-order valence-electron chi connectivity index (χ0n) is 30.9. The molecule has 0 unspecified atom stereocenters. The molecule has 2 amide bonds. The zero-order valence-corrected chi connectivity index (χ0v) is 30.9. The number of carbonyl (C=O) groups is 2. The van der Waals surface area contributed by atoms with E-state index in [2.05, 4.69) is 28.8 Å². The van der Waals surface area contributed by atoms with Gasteiger partial charge in [-0.15, -0.1) is 0 Å². The predicted octanol–water partition coefficient (Wildman–Crippen LogP) is 12.0. The number of nitrogens with zero attached hydrogens (tertiary/aromatic N) is 4. The monoisotopic (exact) mass is 742 g/mol. The highest BCUT2D eigenvalue weighted by molar-refractivity contribution is 6.36. The number of amides is 2. The number of hydrogen-bond donors (Lipinski definition) is 0. The lowest BCUT2D eigenvalue weighted by molar-refractivity contribution is 0.0926. The van der Waals surface area contributed by atoms with E-state index in [4.69, 9.17) is 0 Å². The Morgan fingerprint density at radius 2 is 0.897 bits per heavy atom. The average Bonchev–Trinajstić information content (AvgIpc) is 3.75. The molecular weight excluding hydrogens is 713 g/mol. The van der Waals surface area contributed by atoms with Crippen molar-refractivity contribution < 1.29 is 9.59 Å². The normalized spacial score (nSPS) is 12.1. The predicted molar refractivity (Wildman–Crippen MR) is 230 cm³/mol. The van der Waals surface area contributed by atoms with Gasteiger partial charge in [-0.1, -0.05) is 121 Å². The lowest BCUT2D eigenvalue weighted by Gasteiger charge is -2.20. The van der Waals surface area contributed by atoms with Gasteiger partial charge >= 0.3 is 0 Å². The van der Waals surface area contributed by atoms with Crippen molar-refractivity contribution >= 4 is 39.3 Å². The third-order valence-electron chi connectivity index (χ3n) is 11.0. The van der Waals surface area contributed by atoms with Gasteiger partial charge in [0.2, 0.25) is 0 Å². The Labute approximate surface area is 334 Å². The molecule has 1 aliphatic heterocycles. The topological polar surface area (TPSA) is 89.9 Å². The summed E-state index contributed by atoms with van der Waals surface area (Å²) in [6.45, 7) is 0. The SMILES string of the molecule is N#Cc1ccccc1-c1ccc2c(c1)c1cc(-c3ccccc3C#N)ccc1n2-c1cccc2c1C(=O)N(c1ccc(-c3ccccc3)cc1-c1ccccc1)C2=O. The molecule has 9 aromatic rings. The Balaban J connectivity index is 1.18. The van der Waals surface area contributed by atoms with Gasteiger partial charge in [0.1, 0.15) is 0 Å². The molecule has 58 heavy (non-hydrogen) atoms. The Morgan fingerprint density at radius 3 is 1.48 bits per heavy atom. The Bertz CT molecular complexity index is 3130. The van der Waals surface area contributed by atoms with Crippen LogP contribution in [0.3, 0.4) is 0 Å². The maximum Gasteiger partial charge on any atom is 0.268 e. The summed E-state index contributed by atoms with van der Waals surface area (Å²) < 4.78 is 2.05. The number of anilines is 1. The molecule has 0 aliphatic carbocycles. The molecule has 270 valence electrons.